The molecule has 0 spiro atoms. The van der Waals surface area contributed by atoms with E-state index in [1.54, 1.807) is 0 Å². The molecule has 2 aromatic carbocycles. The molecule has 9 nitrogen and oxygen atoms in total. The number of aromatic nitrogens is 5. The van der Waals surface area contributed by atoms with Crippen molar-refractivity contribution in [1.29, 1.82) is 0 Å². The molecule has 0 amide bonds. The normalized spacial score (nSPS) is 24.2. The number of benzene rings is 2. The quantitative estimate of drug-likeness (QED) is 0.206. The van der Waals surface area contributed by atoms with Crippen molar-refractivity contribution in [2.24, 2.45) is 0 Å². The lowest BCUT2D eigenvalue weighted by Gasteiger charge is -2.42. The zero-order valence-corrected chi connectivity index (χ0v) is 30.9. The number of hydrogen-bond donors (Lipinski definition) is 1. The summed E-state index contributed by atoms with van der Waals surface area (Å²) < 4.78 is 17.2. The van der Waals surface area contributed by atoms with E-state index in [-0.39, 0.29) is 5.04 Å². The molecule has 49 heavy (non-hydrogen) atoms. The Labute approximate surface area is 293 Å². The van der Waals surface area contributed by atoms with E-state index >= 15 is 0 Å². The Morgan fingerprint density at radius 2 is 1.39 bits per heavy atom. The second-order valence-corrected chi connectivity index (χ2v) is 19.7. The number of nitrogens with zero attached hydrogens (tertiary/aromatic N) is 6. The van der Waals surface area contributed by atoms with Gasteiger partial charge in [-0.3, -0.25) is 9.58 Å². The van der Waals surface area contributed by atoms with Crippen molar-refractivity contribution in [3.63, 3.8) is 0 Å². The Balaban J connectivity index is 1.00. The van der Waals surface area contributed by atoms with Crippen LogP contribution in [-0.2, 0) is 15.8 Å². The van der Waals surface area contributed by atoms with Crippen molar-refractivity contribution in [3.05, 3.63) is 90.3 Å². The number of rotatable bonds is 10. The van der Waals surface area contributed by atoms with Gasteiger partial charge in [-0.2, -0.15) is 5.10 Å². The van der Waals surface area contributed by atoms with Crippen LogP contribution in [0.25, 0.3) is 0 Å². The van der Waals surface area contributed by atoms with Gasteiger partial charge < -0.3 is 14.6 Å². The first-order chi connectivity index (χ1) is 23.9. The van der Waals surface area contributed by atoms with E-state index < -0.39 is 8.32 Å². The van der Waals surface area contributed by atoms with E-state index in [0.717, 1.165) is 63.6 Å². The first-order valence-electron chi connectivity index (χ1n) is 18.6. The molecule has 7 rings (SSSR count). The van der Waals surface area contributed by atoms with Gasteiger partial charge in [0.2, 0.25) is 0 Å². The molecule has 2 aliphatic carbocycles. The van der Waals surface area contributed by atoms with Crippen LogP contribution in [0.1, 0.15) is 107 Å². The Morgan fingerprint density at radius 1 is 0.796 bits per heavy atom. The molecule has 10 heteroatoms. The summed E-state index contributed by atoms with van der Waals surface area (Å²) >= 11 is 0. The van der Waals surface area contributed by atoms with Crippen LogP contribution < -0.4 is 15.8 Å². The predicted molar refractivity (Wildman–Crippen MR) is 198 cm³/mol. The van der Waals surface area contributed by atoms with Gasteiger partial charge in [0.15, 0.2) is 11.6 Å². The topological polar surface area (TPSA) is 82.3 Å². The highest BCUT2D eigenvalue weighted by Gasteiger charge is 2.50. The molecule has 0 radical (unpaired) electrons. The lowest BCUT2D eigenvalue weighted by Crippen LogP contribution is -2.66. The summed E-state index contributed by atoms with van der Waals surface area (Å²) in [7, 11) is -0.725. The summed E-state index contributed by atoms with van der Waals surface area (Å²) in [6, 6.07) is 22.9. The fourth-order valence-corrected chi connectivity index (χ4v) is 13.4. The van der Waals surface area contributed by atoms with Crippen LogP contribution in [0.5, 0.6) is 0 Å². The van der Waals surface area contributed by atoms with Crippen LogP contribution in [0.15, 0.2) is 73.1 Å². The maximum atomic E-state index is 7.22. The zero-order chi connectivity index (χ0) is 33.8. The number of ether oxygens (including phenoxy) is 1. The monoisotopic (exact) mass is 681 g/mol. The Kier molecular flexibility index (Phi) is 10.4. The summed E-state index contributed by atoms with van der Waals surface area (Å²) in [5.74, 6) is 2.77. The molecule has 4 aromatic rings. The van der Waals surface area contributed by atoms with Gasteiger partial charge in [0.05, 0.1) is 32.1 Å². The molecule has 0 unspecified atom stereocenters. The molecule has 1 aliphatic heterocycles. The molecule has 1 N–H and O–H groups in total. The third-order valence-electron chi connectivity index (χ3n) is 11.6. The van der Waals surface area contributed by atoms with Crippen molar-refractivity contribution in [2.45, 2.75) is 108 Å². The van der Waals surface area contributed by atoms with Crippen molar-refractivity contribution in [3.8, 4) is 0 Å². The second-order valence-electron chi connectivity index (χ2n) is 15.4. The van der Waals surface area contributed by atoms with Crippen molar-refractivity contribution < 1.29 is 9.16 Å². The summed E-state index contributed by atoms with van der Waals surface area (Å²) in [6.07, 6.45) is 14.0. The minimum atomic E-state index is -2.69. The molecular formula is C39H55N7O2Si. The molecule has 3 aliphatic rings. The first-order valence-corrected chi connectivity index (χ1v) is 20.5. The average Bonchev–Trinajstić information content (AvgIpc) is 3.81. The van der Waals surface area contributed by atoms with Crippen molar-refractivity contribution in [1.82, 2.24) is 29.6 Å². The van der Waals surface area contributed by atoms with E-state index in [1.165, 1.54) is 41.6 Å². The standard InChI is InChI=1S/C39H55N7O2Si/c1-39(2,3)49(35-11-7-5-8-12-35,36-13-9-6-10-14-36)48-29-37-42-43-38(46(37)40-4)31-17-15-30(16-18-31)32-27-41-45(28-32)34-21-19-33(20-22-34)44-23-25-47-26-24-44/h5-14,27-28,30-31,33-34,40H,15-26,29H2,1-4H3/t30?,31?,33-,34-. The lowest BCUT2D eigenvalue weighted by atomic mass is 9.79. The van der Waals surface area contributed by atoms with Gasteiger partial charge in [-0.05, 0) is 78.3 Å². The van der Waals surface area contributed by atoms with E-state index in [1.807, 2.05) is 7.05 Å². The maximum Gasteiger partial charge on any atom is 0.261 e. The van der Waals surface area contributed by atoms with Crippen LogP contribution >= 0.6 is 0 Å². The summed E-state index contributed by atoms with van der Waals surface area (Å²) in [4.78, 5) is 2.65. The van der Waals surface area contributed by atoms with E-state index in [0.29, 0.717) is 30.5 Å². The van der Waals surface area contributed by atoms with Crippen LogP contribution in [-0.4, -0.2) is 77.3 Å². The van der Waals surface area contributed by atoms with Crippen LogP contribution in [0.2, 0.25) is 5.04 Å². The minimum absolute atomic E-state index is 0.0997. The van der Waals surface area contributed by atoms with Gasteiger partial charge in [0, 0.05) is 38.3 Å². The van der Waals surface area contributed by atoms with Gasteiger partial charge in [0.25, 0.3) is 8.32 Å². The summed E-state index contributed by atoms with van der Waals surface area (Å²) in [6.45, 7) is 11.3. The maximum absolute atomic E-state index is 7.22. The fourth-order valence-electron chi connectivity index (χ4n) is 8.94. The van der Waals surface area contributed by atoms with Crippen LogP contribution in [0, 0.1) is 0 Å². The predicted octanol–water partition coefficient (Wildman–Crippen LogP) is 5.98. The Morgan fingerprint density at radius 3 is 1.98 bits per heavy atom. The van der Waals surface area contributed by atoms with Gasteiger partial charge in [-0.25, -0.2) is 4.68 Å². The second kappa shape index (κ2) is 14.9. The number of hydrogen-bond acceptors (Lipinski definition) is 7. The highest BCUT2D eigenvalue weighted by atomic mass is 28.4. The highest BCUT2D eigenvalue weighted by molar-refractivity contribution is 6.99. The van der Waals surface area contributed by atoms with Crippen LogP contribution in [0.3, 0.4) is 0 Å². The third-order valence-corrected chi connectivity index (χ3v) is 16.6. The largest absolute Gasteiger partial charge is 0.400 e. The smallest absolute Gasteiger partial charge is 0.261 e. The lowest BCUT2D eigenvalue weighted by molar-refractivity contribution is 0.00506. The SMILES string of the molecule is CNn1c(CO[Si](c2ccccc2)(c2ccccc2)C(C)(C)C)nnc1C1CCC(c2cnn([C@H]3CC[C@H](N4CCOCC4)CC3)c2)CC1. The van der Waals surface area contributed by atoms with Gasteiger partial charge >= 0.3 is 0 Å². The molecule has 262 valence electrons. The highest BCUT2D eigenvalue weighted by Crippen LogP contribution is 2.41. The van der Waals surface area contributed by atoms with Crippen molar-refractivity contribution in [2.75, 3.05) is 38.8 Å². The van der Waals surface area contributed by atoms with E-state index in [2.05, 4.69) is 114 Å². The minimum Gasteiger partial charge on any atom is -0.400 e. The molecule has 3 heterocycles. The Hall–Kier alpha value is -3.31. The summed E-state index contributed by atoms with van der Waals surface area (Å²) in [5, 5.41) is 16.8. The average molecular weight is 682 g/mol. The molecule has 3 fully saturated rings. The number of nitrogens with one attached hydrogen (secondary N) is 1. The summed E-state index contributed by atoms with van der Waals surface area (Å²) in [5.41, 5.74) is 4.81. The molecule has 1 saturated heterocycles. The Bertz CT molecular complexity index is 1570. The van der Waals surface area contributed by atoms with Gasteiger partial charge in [-0.1, -0.05) is 81.4 Å². The third kappa shape index (κ3) is 7.02. The fraction of sp³-hybridized carbons (Fsp3) is 0.564. The molecule has 0 atom stereocenters. The molecular weight excluding hydrogens is 627 g/mol. The van der Waals surface area contributed by atoms with Crippen molar-refractivity contribution >= 4 is 18.7 Å². The number of morpholine rings is 1. The molecule has 2 saturated carbocycles. The zero-order valence-electron chi connectivity index (χ0n) is 29.9. The molecule has 2 aromatic heterocycles. The van der Waals surface area contributed by atoms with E-state index in [4.69, 9.17) is 24.5 Å². The van der Waals surface area contributed by atoms with Gasteiger partial charge in [0.1, 0.15) is 0 Å². The van der Waals surface area contributed by atoms with E-state index in [9.17, 15) is 0 Å². The first kappa shape index (κ1) is 34.2. The molecule has 0 bridgehead atoms. The van der Waals surface area contributed by atoms with Crippen LogP contribution in [0.4, 0.5) is 0 Å². The van der Waals surface area contributed by atoms with Gasteiger partial charge in [-0.15, -0.1) is 10.2 Å².